The van der Waals surface area contributed by atoms with Crippen LogP contribution in [0, 0.1) is 0 Å². The zero-order chi connectivity index (χ0) is 17.7. The lowest BCUT2D eigenvalue weighted by molar-refractivity contribution is -0.137. The third-order valence-corrected chi connectivity index (χ3v) is 4.65. The van der Waals surface area contributed by atoms with E-state index in [9.17, 15) is 4.79 Å². The van der Waals surface area contributed by atoms with Gasteiger partial charge in [0.25, 0.3) is 0 Å². The third-order valence-electron chi connectivity index (χ3n) is 4.65. The molecule has 0 fully saturated rings. The fourth-order valence-electron chi connectivity index (χ4n) is 3.05. The van der Waals surface area contributed by atoms with Crippen LogP contribution < -0.4 is 0 Å². The topological polar surface area (TPSA) is 37.3 Å². The highest BCUT2D eigenvalue weighted by atomic mass is 16.4. The van der Waals surface area contributed by atoms with E-state index in [4.69, 9.17) is 5.11 Å². The smallest absolute Gasteiger partial charge is 0.303 e. The van der Waals surface area contributed by atoms with Crippen molar-refractivity contribution in [2.45, 2.75) is 122 Å². The van der Waals surface area contributed by atoms with E-state index in [1.54, 1.807) is 0 Å². The Labute approximate surface area is 151 Å². The largest absolute Gasteiger partial charge is 0.481 e. The first kappa shape index (κ1) is 23.2. The lowest BCUT2D eigenvalue weighted by Crippen LogP contribution is -1.93. The summed E-state index contributed by atoms with van der Waals surface area (Å²) in [6.07, 6.45) is 27.1. The quantitative estimate of drug-likeness (QED) is 0.194. The van der Waals surface area contributed by atoms with Crippen LogP contribution in [-0.2, 0) is 4.79 Å². The van der Waals surface area contributed by atoms with Crippen molar-refractivity contribution in [3.63, 3.8) is 0 Å². The van der Waals surface area contributed by atoms with Crippen LogP contribution in [0.15, 0.2) is 12.2 Å². The van der Waals surface area contributed by atoms with Gasteiger partial charge >= 0.3 is 5.97 Å². The molecule has 0 aliphatic rings. The average molecular weight is 339 g/mol. The van der Waals surface area contributed by atoms with Crippen LogP contribution in [0.2, 0.25) is 0 Å². The van der Waals surface area contributed by atoms with Crippen molar-refractivity contribution in [1.29, 1.82) is 0 Å². The normalized spacial score (nSPS) is 11.4. The van der Waals surface area contributed by atoms with Crippen molar-refractivity contribution in [3.05, 3.63) is 12.2 Å². The first-order chi connectivity index (χ1) is 11.8. The van der Waals surface area contributed by atoms with Gasteiger partial charge in [-0.3, -0.25) is 4.79 Å². The molecule has 0 radical (unpaired) electrons. The summed E-state index contributed by atoms with van der Waals surface area (Å²) in [5, 5.41) is 8.55. The molecule has 2 heteroatoms. The molecule has 0 aliphatic heterocycles. The third kappa shape index (κ3) is 21.2. The van der Waals surface area contributed by atoms with Gasteiger partial charge in [0.2, 0.25) is 0 Å². The van der Waals surface area contributed by atoms with Gasteiger partial charge in [-0.2, -0.15) is 0 Å². The fourth-order valence-corrected chi connectivity index (χ4v) is 3.05. The van der Waals surface area contributed by atoms with E-state index in [0.717, 1.165) is 25.7 Å². The molecule has 0 unspecified atom stereocenters. The minimum Gasteiger partial charge on any atom is -0.481 e. The Morgan fingerprint density at radius 3 is 1.42 bits per heavy atom. The highest BCUT2D eigenvalue weighted by Crippen LogP contribution is 2.12. The number of allylic oxidation sites excluding steroid dienone is 2. The molecule has 0 aromatic carbocycles. The van der Waals surface area contributed by atoms with Crippen molar-refractivity contribution in [2.75, 3.05) is 0 Å². The maximum atomic E-state index is 10.4. The minimum atomic E-state index is -0.665. The SMILES string of the molecule is CCCCCCCCCCCCC/C=C\CCCCCCC(=O)O. The van der Waals surface area contributed by atoms with E-state index >= 15 is 0 Å². The fraction of sp³-hybridized carbons (Fsp3) is 0.864. The molecule has 24 heavy (non-hydrogen) atoms. The molecule has 0 saturated carbocycles. The zero-order valence-corrected chi connectivity index (χ0v) is 16.2. The highest BCUT2D eigenvalue weighted by Gasteiger charge is 1.95. The van der Waals surface area contributed by atoms with E-state index in [-0.39, 0.29) is 0 Å². The molecule has 0 aromatic rings. The van der Waals surface area contributed by atoms with Crippen LogP contribution in [0.25, 0.3) is 0 Å². The molecule has 0 rings (SSSR count). The number of aliphatic carboxylic acids is 1. The van der Waals surface area contributed by atoms with Gasteiger partial charge in [0.05, 0.1) is 0 Å². The summed E-state index contributed by atoms with van der Waals surface area (Å²) < 4.78 is 0. The summed E-state index contributed by atoms with van der Waals surface area (Å²) in [7, 11) is 0. The molecule has 0 saturated heterocycles. The average Bonchev–Trinajstić information content (AvgIpc) is 2.56. The molecule has 0 aliphatic carbocycles. The maximum Gasteiger partial charge on any atom is 0.303 e. The number of hydrogen-bond donors (Lipinski definition) is 1. The van der Waals surface area contributed by atoms with Crippen molar-refractivity contribution >= 4 is 5.97 Å². The lowest BCUT2D eigenvalue weighted by atomic mass is 10.1. The van der Waals surface area contributed by atoms with Crippen molar-refractivity contribution in [2.24, 2.45) is 0 Å². The van der Waals surface area contributed by atoms with Gasteiger partial charge in [0.1, 0.15) is 0 Å². The van der Waals surface area contributed by atoms with E-state index < -0.39 is 5.97 Å². The second-order valence-electron chi connectivity index (χ2n) is 7.14. The van der Waals surface area contributed by atoms with Crippen LogP contribution >= 0.6 is 0 Å². The predicted molar refractivity (Wildman–Crippen MR) is 106 cm³/mol. The van der Waals surface area contributed by atoms with Gasteiger partial charge in [-0.05, 0) is 32.1 Å². The van der Waals surface area contributed by atoms with Gasteiger partial charge in [-0.15, -0.1) is 0 Å². The molecule has 0 amide bonds. The van der Waals surface area contributed by atoms with Crippen LogP contribution in [-0.4, -0.2) is 11.1 Å². The highest BCUT2D eigenvalue weighted by molar-refractivity contribution is 5.66. The van der Waals surface area contributed by atoms with Gasteiger partial charge in [-0.25, -0.2) is 0 Å². The lowest BCUT2D eigenvalue weighted by Gasteiger charge is -2.01. The molecule has 1 N–H and O–H groups in total. The molecule has 0 aromatic heterocycles. The number of carboxylic acid groups (broad SMARTS) is 1. The summed E-state index contributed by atoms with van der Waals surface area (Å²) in [6.45, 7) is 2.28. The van der Waals surface area contributed by atoms with Gasteiger partial charge < -0.3 is 5.11 Å². The monoisotopic (exact) mass is 338 g/mol. The summed E-state index contributed by atoms with van der Waals surface area (Å²) >= 11 is 0. The molecule has 0 atom stereocenters. The van der Waals surface area contributed by atoms with E-state index in [1.807, 2.05) is 0 Å². The first-order valence-corrected chi connectivity index (χ1v) is 10.6. The van der Waals surface area contributed by atoms with E-state index in [0.29, 0.717) is 6.42 Å². The van der Waals surface area contributed by atoms with Crippen LogP contribution in [0.1, 0.15) is 122 Å². The Morgan fingerprint density at radius 1 is 0.625 bits per heavy atom. The summed E-state index contributed by atoms with van der Waals surface area (Å²) in [5.74, 6) is -0.665. The van der Waals surface area contributed by atoms with Crippen molar-refractivity contribution < 1.29 is 9.90 Å². The van der Waals surface area contributed by atoms with Crippen molar-refractivity contribution in [3.8, 4) is 0 Å². The zero-order valence-electron chi connectivity index (χ0n) is 16.2. The number of carbonyl (C=O) groups is 1. The van der Waals surface area contributed by atoms with Crippen molar-refractivity contribution in [1.82, 2.24) is 0 Å². The van der Waals surface area contributed by atoms with Crippen LogP contribution in [0.5, 0.6) is 0 Å². The Bertz CT molecular complexity index is 284. The molecule has 0 heterocycles. The van der Waals surface area contributed by atoms with E-state index in [1.165, 1.54) is 83.5 Å². The summed E-state index contributed by atoms with van der Waals surface area (Å²) in [6, 6.07) is 0. The number of unbranched alkanes of at least 4 members (excludes halogenated alkanes) is 15. The molecule has 2 nitrogen and oxygen atoms in total. The van der Waals surface area contributed by atoms with Gasteiger partial charge in [-0.1, -0.05) is 96.1 Å². The number of rotatable bonds is 19. The predicted octanol–water partition coefficient (Wildman–Crippen LogP) is 7.67. The number of carboxylic acids is 1. The standard InChI is InChI=1S/C22H42O2/c1-2-3-4-5-6-7-8-9-10-11-12-13-14-15-16-17-18-19-20-21-22(23)24/h14-15H,2-13,16-21H2,1H3,(H,23,24)/b15-14-. The first-order valence-electron chi connectivity index (χ1n) is 10.6. The Kier molecular flexibility index (Phi) is 19.6. The second-order valence-corrected chi connectivity index (χ2v) is 7.14. The molecule has 142 valence electrons. The van der Waals surface area contributed by atoms with Gasteiger partial charge in [0, 0.05) is 6.42 Å². The summed E-state index contributed by atoms with van der Waals surface area (Å²) in [4.78, 5) is 10.4. The van der Waals surface area contributed by atoms with Crippen LogP contribution in [0.3, 0.4) is 0 Å². The molecular weight excluding hydrogens is 296 g/mol. The molecule has 0 spiro atoms. The molecule has 0 bridgehead atoms. The Morgan fingerprint density at radius 2 is 1.00 bits per heavy atom. The Hall–Kier alpha value is -0.790. The molecular formula is C22H42O2. The minimum absolute atomic E-state index is 0.328. The second kappa shape index (κ2) is 20.3. The Balaban J connectivity index is 3.07. The van der Waals surface area contributed by atoms with E-state index in [2.05, 4.69) is 19.1 Å². The number of hydrogen-bond acceptors (Lipinski definition) is 1. The van der Waals surface area contributed by atoms with Crippen LogP contribution in [0.4, 0.5) is 0 Å². The summed E-state index contributed by atoms with van der Waals surface area (Å²) in [5.41, 5.74) is 0. The maximum absolute atomic E-state index is 10.4. The van der Waals surface area contributed by atoms with Gasteiger partial charge in [0.15, 0.2) is 0 Å².